The van der Waals surface area contributed by atoms with Crippen molar-refractivity contribution in [3.63, 3.8) is 0 Å². The second-order valence-corrected chi connectivity index (χ2v) is 9.09. The lowest BCUT2D eigenvalue weighted by molar-refractivity contribution is -0.121. The minimum absolute atomic E-state index is 0.152. The number of halogens is 2. The first-order chi connectivity index (χ1) is 17.2. The Morgan fingerprint density at radius 3 is 2.50 bits per heavy atom. The molecule has 36 heavy (non-hydrogen) atoms. The molecule has 0 radical (unpaired) electrons. The Morgan fingerprint density at radius 2 is 1.86 bits per heavy atom. The van der Waals surface area contributed by atoms with Crippen molar-refractivity contribution in [2.24, 2.45) is 4.99 Å². The summed E-state index contributed by atoms with van der Waals surface area (Å²) in [5, 5.41) is 9.78. The zero-order valence-electron chi connectivity index (χ0n) is 19.2. The summed E-state index contributed by atoms with van der Waals surface area (Å²) >= 11 is 7.65. The van der Waals surface area contributed by atoms with Crippen LogP contribution in [0.2, 0.25) is 5.02 Å². The van der Waals surface area contributed by atoms with Gasteiger partial charge >= 0.3 is 5.97 Å². The maximum absolute atomic E-state index is 13.1. The highest BCUT2D eigenvalue weighted by Crippen LogP contribution is 2.39. The van der Waals surface area contributed by atoms with Crippen molar-refractivity contribution >= 4 is 52.2 Å². The molecule has 0 atom stereocenters. The molecule has 0 aliphatic carbocycles. The van der Waals surface area contributed by atoms with Crippen LogP contribution in [0.1, 0.15) is 21.5 Å². The first kappa shape index (κ1) is 25.3. The first-order valence-electron chi connectivity index (χ1n) is 10.6. The monoisotopic (exact) mass is 526 g/mol. The van der Waals surface area contributed by atoms with E-state index in [9.17, 15) is 14.0 Å². The van der Waals surface area contributed by atoms with E-state index < -0.39 is 5.97 Å². The molecule has 0 aromatic heterocycles. The van der Waals surface area contributed by atoms with Crippen LogP contribution in [-0.4, -0.2) is 41.2 Å². The maximum atomic E-state index is 13.1. The summed E-state index contributed by atoms with van der Waals surface area (Å²) in [4.78, 5) is 30.1. The Kier molecular flexibility index (Phi) is 7.61. The molecule has 1 fully saturated rings. The second kappa shape index (κ2) is 10.8. The third-order valence-corrected chi connectivity index (χ3v) is 6.53. The number of nitrogens with zero attached hydrogens (tertiary/aromatic N) is 2. The lowest BCUT2D eigenvalue weighted by atomic mass is 10.1. The summed E-state index contributed by atoms with van der Waals surface area (Å²) in [6.07, 6.45) is 1.68. The van der Waals surface area contributed by atoms with Crippen molar-refractivity contribution < 1.29 is 28.6 Å². The van der Waals surface area contributed by atoms with Gasteiger partial charge in [-0.25, -0.2) is 14.2 Å². The molecular weight excluding hydrogens is 507 g/mol. The quantitative estimate of drug-likeness (QED) is 0.380. The van der Waals surface area contributed by atoms with Gasteiger partial charge in [0.1, 0.15) is 12.4 Å². The molecule has 1 aliphatic heterocycles. The first-order valence-corrected chi connectivity index (χ1v) is 11.8. The number of carbonyl (C=O) groups excluding carboxylic acids is 1. The standard InChI is InChI=1S/C26H20ClFN2O5S/c1-30-24(31)22(36-26(30)29-19-9-5-17(6-10-19)25(32)33)13-16-11-20(27)23(21(12-16)34-2)35-14-15-3-7-18(28)8-4-15/h3-13H,14H2,1-2H3,(H,32,33)/b22-13-,29-26?. The smallest absolute Gasteiger partial charge is 0.335 e. The predicted molar refractivity (Wildman–Crippen MR) is 138 cm³/mol. The summed E-state index contributed by atoms with van der Waals surface area (Å²) in [6.45, 7) is 0.170. The molecule has 184 valence electrons. The molecule has 0 spiro atoms. The highest BCUT2D eigenvalue weighted by Gasteiger charge is 2.30. The summed E-state index contributed by atoms with van der Waals surface area (Å²) in [5.41, 5.74) is 2.07. The molecule has 1 amide bonds. The molecule has 1 heterocycles. The lowest BCUT2D eigenvalue weighted by Crippen LogP contribution is -2.23. The van der Waals surface area contributed by atoms with Crippen molar-refractivity contribution in [1.29, 1.82) is 0 Å². The van der Waals surface area contributed by atoms with Gasteiger partial charge in [-0.05, 0) is 77.5 Å². The molecule has 0 unspecified atom stereocenters. The largest absolute Gasteiger partial charge is 0.493 e. The lowest BCUT2D eigenvalue weighted by Gasteiger charge is -2.13. The zero-order chi connectivity index (χ0) is 25.8. The molecule has 7 nitrogen and oxygen atoms in total. The van der Waals surface area contributed by atoms with Crippen LogP contribution in [0.15, 0.2) is 70.6 Å². The molecule has 1 saturated heterocycles. The molecule has 0 bridgehead atoms. The van der Waals surface area contributed by atoms with Gasteiger partial charge in [-0.15, -0.1) is 0 Å². The summed E-state index contributed by atoms with van der Waals surface area (Å²) in [5.74, 6) is -0.885. The molecule has 0 saturated carbocycles. The summed E-state index contributed by atoms with van der Waals surface area (Å²) in [7, 11) is 3.09. The van der Waals surface area contributed by atoms with Crippen LogP contribution in [-0.2, 0) is 11.4 Å². The van der Waals surface area contributed by atoms with Gasteiger partial charge in [0.2, 0.25) is 0 Å². The van der Waals surface area contributed by atoms with Gasteiger partial charge in [-0.1, -0.05) is 23.7 Å². The molecule has 4 rings (SSSR count). The Hall–Kier alpha value is -3.82. The van der Waals surface area contributed by atoms with Crippen LogP contribution in [0.4, 0.5) is 10.1 Å². The van der Waals surface area contributed by atoms with Gasteiger partial charge in [-0.2, -0.15) is 0 Å². The van der Waals surface area contributed by atoms with Crippen LogP contribution in [0, 0.1) is 5.82 Å². The average Bonchev–Trinajstić information content (AvgIpc) is 3.12. The van der Waals surface area contributed by atoms with Crippen molar-refractivity contribution in [3.05, 3.63) is 93.1 Å². The molecule has 1 aliphatic rings. The number of aromatic carboxylic acids is 1. The van der Waals surface area contributed by atoms with Gasteiger partial charge in [0.15, 0.2) is 16.7 Å². The van der Waals surface area contributed by atoms with Crippen LogP contribution >= 0.6 is 23.4 Å². The number of carbonyl (C=O) groups is 2. The minimum atomic E-state index is -1.03. The number of amidine groups is 1. The predicted octanol–water partition coefficient (Wildman–Crippen LogP) is 6.00. The van der Waals surface area contributed by atoms with Crippen LogP contribution in [0.3, 0.4) is 0 Å². The highest BCUT2D eigenvalue weighted by molar-refractivity contribution is 8.18. The fourth-order valence-corrected chi connectivity index (χ4v) is 4.55. The van der Waals surface area contributed by atoms with E-state index in [1.807, 2.05) is 0 Å². The number of rotatable bonds is 7. The van der Waals surface area contributed by atoms with E-state index in [0.717, 1.165) is 5.56 Å². The van der Waals surface area contributed by atoms with Crippen molar-refractivity contribution in [2.45, 2.75) is 6.61 Å². The Labute approximate surface area is 215 Å². The van der Waals surface area contributed by atoms with Crippen LogP contribution in [0.25, 0.3) is 6.08 Å². The molecular formula is C26H20ClFN2O5S. The number of benzene rings is 3. The van der Waals surface area contributed by atoms with Gasteiger partial charge in [0.05, 0.1) is 28.3 Å². The number of aliphatic imine (C=N–C) groups is 1. The Bertz CT molecular complexity index is 1370. The number of carboxylic acids is 1. The normalized spacial score (nSPS) is 15.6. The van der Waals surface area contributed by atoms with Crippen molar-refractivity contribution in [3.8, 4) is 11.5 Å². The van der Waals surface area contributed by atoms with Crippen LogP contribution < -0.4 is 9.47 Å². The third kappa shape index (κ3) is 5.69. The van der Waals surface area contributed by atoms with E-state index in [1.54, 1.807) is 49.5 Å². The number of hydrogen-bond acceptors (Lipinski definition) is 6. The van der Waals surface area contributed by atoms with E-state index in [-0.39, 0.29) is 23.9 Å². The highest BCUT2D eigenvalue weighted by atomic mass is 35.5. The average molecular weight is 527 g/mol. The molecule has 3 aromatic rings. The van der Waals surface area contributed by atoms with Gasteiger partial charge in [-0.3, -0.25) is 9.69 Å². The maximum Gasteiger partial charge on any atom is 0.335 e. The topological polar surface area (TPSA) is 88.4 Å². The van der Waals surface area contributed by atoms with Gasteiger partial charge < -0.3 is 14.6 Å². The minimum Gasteiger partial charge on any atom is -0.493 e. The van der Waals surface area contributed by atoms with Crippen LogP contribution in [0.5, 0.6) is 11.5 Å². The number of likely N-dealkylation sites (N-methyl/N-ethyl adjacent to an activating group) is 1. The number of carboxylic acid groups (broad SMARTS) is 1. The number of hydrogen-bond donors (Lipinski definition) is 1. The van der Waals surface area contributed by atoms with Crippen molar-refractivity contribution in [2.75, 3.05) is 14.2 Å². The number of methoxy groups -OCH3 is 1. The van der Waals surface area contributed by atoms with E-state index in [0.29, 0.717) is 37.8 Å². The van der Waals surface area contributed by atoms with E-state index in [1.165, 1.54) is 48.0 Å². The fourth-order valence-electron chi connectivity index (χ4n) is 3.29. The van der Waals surface area contributed by atoms with E-state index in [4.69, 9.17) is 26.2 Å². The molecule has 1 N–H and O–H groups in total. The van der Waals surface area contributed by atoms with Gasteiger partial charge in [0, 0.05) is 7.05 Å². The Balaban J connectivity index is 1.55. The van der Waals surface area contributed by atoms with Crippen molar-refractivity contribution in [1.82, 2.24) is 4.90 Å². The molecule has 10 heteroatoms. The SMILES string of the molecule is COc1cc(/C=C2\SC(=Nc3ccc(C(=O)O)cc3)N(C)C2=O)cc(Cl)c1OCc1ccc(F)cc1. The zero-order valence-corrected chi connectivity index (χ0v) is 20.8. The number of amides is 1. The third-order valence-electron chi connectivity index (χ3n) is 5.19. The second-order valence-electron chi connectivity index (χ2n) is 7.67. The fraction of sp³-hybridized carbons (Fsp3) is 0.115. The summed E-state index contributed by atoms with van der Waals surface area (Å²) in [6, 6.07) is 15.4. The van der Waals surface area contributed by atoms with E-state index >= 15 is 0 Å². The van der Waals surface area contributed by atoms with E-state index in [2.05, 4.69) is 4.99 Å². The number of ether oxygens (including phenoxy) is 2. The van der Waals surface area contributed by atoms with Gasteiger partial charge in [0.25, 0.3) is 5.91 Å². The number of thioether (sulfide) groups is 1. The molecule has 3 aromatic carbocycles. The summed E-state index contributed by atoms with van der Waals surface area (Å²) < 4.78 is 24.4. The Morgan fingerprint density at radius 1 is 1.17 bits per heavy atom.